The van der Waals surface area contributed by atoms with Gasteiger partial charge in [-0.1, -0.05) is 0 Å². The van der Waals surface area contributed by atoms with Gasteiger partial charge < -0.3 is 99.5 Å². The first-order valence-corrected chi connectivity index (χ1v) is 14.0. The molecule has 0 aromatic carbocycles. The highest BCUT2D eigenvalue weighted by molar-refractivity contribution is 4.97. The standard InChI is InChI=1S/C24H42O20/c25-1-6-11(29)15(33)18(36)22(40-6)38-5-10-13(31)17(35)21(44-23-19(37)16(34)12(30)7(2-26)41-23)24(42-10)43-20-9(4-28)39-8(3-27)14(20)32/h6-37H,1-5H2/t6-,7-,8-,9-,10-,11+,12-,13-,14+,15+,16+,17+,18-,19-,20-,21-,22+,23-,24+/m1/s1. The molecular weight excluding hydrogens is 608 g/mol. The van der Waals surface area contributed by atoms with Crippen LogP contribution in [0.3, 0.4) is 0 Å². The van der Waals surface area contributed by atoms with E-state index in [1.165, 1.54) is 0 Å². The van der Waals surface area contributed by atoms with E-state index < -0.39 is 150 Å². The lowest BCUT2D eigenvalue weighted by Gasteiger charge is -2.47. The van der Waals surface area contributed by atoms with Crippen molar-refractivity contribution in [2.24, 2.45) is 0 Å². The Labute approximate surface area is 249 Å². The summed E-state index contributed by atoms with van der Waals surface area (Å²) in [5.74, 6) is 0. The van der Waals surface area contributed by atoms with Gasteiger partial charge in [-0.15, -0.1) is 0 Å². The first-order valence-electron chi connectivity index (χ1n) is 14.0. The van der Waals surface area contributed by atoms with Crippen LogP contribution in [0.25, 0.3) is 0 Å². The highest BCUT2D eigenvalue weighted by atomic mass is 16.8. The van der Waals surface area contributed by atoms with E-state index in [1.807, 2.05) is 0 Å². The maximum atomic E-state index is 11.1. The molecule has 0 aromatic heterocycles. The fourth-order valence-electron chi connectivity index (χ4n) is 5.46. The van der Waals surface area contributed by atoms with Gasteiger partial charge >= 0.3 is 0 Å². The van der Waals surface area contributed by atoms with Crippen LogP contribution in [0.2, 0.25) is 0 Å². The van der Waals surface area contributed by atoms with Crippen LogP contribution in [0.1, 0.15) is 0 Å². The molecule has 0 bridgehead atoms. The molecule has 4 aliphatic heterocycles. The van der Waals surface area contributed by atoms with Gasteiger partial charge in [0.2, 0.25) is 0 Å². The van der Waals surface area contributed by atoms with Crippen molar-refractivity contribution >= 4 is 0 Å². The Kier molecular flexibility index (Phi) is 12.6. The topological polar surface area (TPSA) is 328 Å². The molecule has 4 rings (SSSR count). The summed E-state index contributed by atoms with van der Waals surface area (Å²) in [5.41, 5.74) is 0. The molecule has 44 heavy (non-hydrogen) atoms. The summed E-state index contributed by atoms with van der Waals surface area (Å²) in [5, 5.41) is 132. The van der Waals surface area contributed by atoms with Crippen LogP contribution >= 0.6 is 0 Å². The predicted octanol–water partition coefficient (Wildman–Crippen LogP) is -9.07. The minimum absolute atomic E-state index is 0.662. The van der Waals surface area contributed by atoms with Crippen molar-refractivity contribution in [2.45, 2.75) is 117 Å². The normalized spacial score (nSPS) is 51.9. The number of aliphatic hydroxyl groups is 13. The molecule has 13 N–H and O–H groups in total. The lowest BCUT2D eigenvalue weighted by Crippen LogP contribution is -2.65. The Balaban J connectivity index is 1.54. The fraction of sp³-hybridized carbons (Fsp3) is 1.00. The highest BCUT2D eigenvalue weighted by Crippen LogP contribution is 2.34. The van der Waals surface area contributed by atoms with E-state index in [9.17, 15) is 66.4 Å². The lowest BCUT2D eigenvalue weighted by atomic mass is 9.97. The van der Waals surface area contributed by atoms with Gasteiger partial charge in [0.1, 0.15) is 97.7 Å². The van der Waals surface area contributed by atoms with Crippen molar-refractivity contribution in [2.75, 3.05) is 33.0 Å². The van der Waals surface area contributed by atoms with E-state index in [4.69, 9.17) is 33.2 Å². The zero-order chi connectivity index (χ0) is 32.5. The summed E-state index contributed by atoms with van der Waals surface area (Å²) in [6, 6.07) is 0. The van der Waals surface area contributed by atoms with Gasteiger partial charge in [0.25, 0.3) is 0 Å². The molecule has 4 saturated heterocycles. The average molecular weight is 651 g/mol. The second-order valence-electron chi connectivity index (χ2n) is 11.0. The second kappa shape index (κ2) is 15.4. The number of rotatable bonds is 11. The molecular formula is C24H42O20. The van der Waals surface area contributed by atoms with Crippen LogP contribution < -0.4 is 0 Å². The molecule has 258 valence electrons. The molecule has 0 saturated carbocycles. The number of aliphatic hydroxyl groups excluding tert-OH is 13. The molecule has 4 heterocycles. The van der Waals surface area contributed by atoms with E-state index in [1.54, 1.807) is 0 Å². The van der Waals surface area contributed by atoms with Crippen LogP contribution in [0.5, 0.6) is 0 Å². The van der Waals surface area contributed by atoms with Gasteiger partial charge in [0, 0.05) is 0 Å². The number of hydrogen-bond acceptors (Lipinski definition) is 20. The number of hydrogen-bond donors (Lipinski definition) is 13. The van der Waals surface area contributed by atoms with Crippen molar-refractivity contribution in [1.29, 1.82) is 0 Å². The smallest absolute Gasteiger partial charge is 0.187 e. The van der Waals surface area contributed by atoms with E-state index in [0.29, 0.717) is 0 Å². The molecule has 0 amide bonds. The number of ether oxygens (including phenoxy) is 7. The zero-order valence-corrected chi connectivity index (χ0v) is 23.2. The van der Waals surface area contributed by atoms with Crippen LogP contribution in [0.4, 0.5) is 0 Å². The van der Waals surface area contributed by atoms with Gasteiger partial charge in [-0.05, 0) is 0 Å². The minimum atomic E-state index is -1.97. The van der Waals surface area contributed by atoms with Crippen molar-refractivity contribution in [3.05, 3.63) is 0 Å². The third-order valence-corrected chi connectivity index (χ3v) is 8.14. The van der Waals surface area contributed by atoms with Crippen molar-refractivity contribution < 1.29 is 99.5 Å². The maximum Gasteiger partial charge on any atom is 0.187 e. The third-order valence-electron chi connectivity index (χ3n) is 8.14. The van der Waals surface area contributed by atoms with Gasteiger partial charge in [0.15, 0.2) is 18.9 Å². The van der Waals surface area contributed by atoms with E-state index in [0.717, 1.165) is 0 Å². The second-order valence-corrected chi connectivity index (χ2v) is 11.0. The summed E-state index contributed by atoms with van der Waals surface area (Å²) < 4.78 is 38.6. The molecule has 0 aromatic rings. The van der Waals surface area contributed by atoms with E-state index in [-0.39, 0.29) is 0 Å². The van der Waals surface area contributed by atoms with Crippen molar-refractivity contribution in [3.63, 3.8) is 0 Å². The Hall–Kier alpha value is -0.800. The molecule has 0 spiro atoms. The van der Waals surface area contributed by atoms with Crippen LogP contribution in [0, 0.1) is 0 Å². The Morgan fingerprint density at radius 3 is 1.34 bits per heavy atom. The summed E-state index contributed by atoms with van der Waals surface area (Å²) >= 11 is 0. The molecule has 19 atom stereocenters. The molecule has 0 unspecified atom stereocenters. The zero-order valence-electron chi connectivity index (χ0n) is 23.2. The quantitative estimate of drug-likeness (QED) is 0.0987. The van der Waals surface area contributed by atoms with Crippen LogP contribution in [-0.4, -0.2) is 216 Å². The van der Waals surface area contributed by atoms with Crippen molar-refractivity contribution in [3.8, 4) is 0 Å². The monoisotopic (exact) mass is 650 g/mol. The highest BCUT2D eigenvalue weighted by Gasteiger charge is 2.54. The first-order chi connectivity index (χ1) is 20.9. The largest absolute Gasteiger partial charge is 0.394 e. The summed E-state index contributed by atoms with van der Waals surface area (Å²) in [4.78, 5) is 0. The third kappa shape index (κ3) is 7.19. The Morgan fingerprint density at radius 2 is 0.795 bits per heavy atom. The Morgan fingerprint density at radius 1 is 0.364 bits per heavy atom. The minimum Gasteiger partial charge on any atom is -0.394 e. The van der Waals surface area contributed by atoms with Gasteiger partial charge in [-0.2, -0.15) is 0 Å². The summed E-state index contributed by atoms with van der Waals surface area (Å²) in [7, 11) is 0. The molecule has 4 aliphatic rings. The van der Waals surface area contributed by atoms with E-state index >= 15 is 0 Å². The summed E-state index contributed by atoms with van der Waals surface area (Å²) in [6.07, 6.45) is -31.3. The van der Waals surface area contributed by atoms with Gasteiger partial charge in [-0.25, -0.2) is 0 Å². The van der Waals surface area contributed by atoms with Gasteiger partial charge in [0.05, 0.1) is 33.0 Å². The molecule has 20 heteroatoms. The molecule has 20 nitrogen and oxygen atoms in total. The maximum absolute atomic E-state index is 11.1. The van der Waals surface area contributed by atoms with Crippen LogP contribution in [0.15, 0.2) is 0 Å². The Bertz CT molecular complexity index is 879. The first kappa shape index (κ1) is 36.0. The SMILES string of the molecule is OC[C@H]1O[C@H](OC[C@H]2O[C@@H](O[C@H]3[C@@H](O)[C@@H](CO)O[C@@H]3CO)[C@H](O[C@H]3O[C@H](CO)[C@@H](O)[C@H](O)[C@H]3O)[C@@H](O)[C@@H]2O)[C@H](O)[C@@H](O)[C@H]1O. The molecule has 0 radical (unpaired) electrons. The fourth-order valence-corrected chi connectivity index (χ4v) is 5.46. The molecule has 4 fully saturated rings. The average Bonchev–Trinajstić information content (AvgIpc) is 3.33. The van der Waals surface area contributed by atoms with Crippen LogP contribution in [-0.2, 0) is 33.2 Å². The van der Waals surface area contributed by atoms with Crippen molar-refractivity contribution in [1.82, 2.24) is 0 Å². The predicted molar refractivity (Wildman–Crippen MR) is 133 cm³/mol. The van der Waals surface area contributed by atoms with E-state index in [2.05, 4.69) is 0 Å². The summed E-state index contributed by atoms with van der Waals surface area (Å²) in [6.45, 7) is -3.59. The molecule has 0 aliphatic carbocycles. The van der Waals surface area contributed by atoms with Gasteiger partial charge in [-0.3, -0.25) is 0 Å². The lowest BCUT2D eigenvalue weighted by molar-refractivity contribution is -0.378.